The predicted molar refractivity (Wildman–Crippen MR) is 77.3 cm³/mol. The van der Waals surface area contributed by atoms with Crippen LogP contribution in [-0.2, 0) is 8.85 Å². The zero-order valence-electron chi connectivity index (χ0n) is 12.6. The van der Waals surface area contributed by atoms with Crippen LogP contribution in [0.1, 0.15) is 60.3 Å². The van der Waals surface area contributed by atoms with E-state index in [1.807, 2.05) is 13.8 Å². The number of nitrogens with one attached hydrogen (secondary N) is 2. The van der Waals surface area contributed by atoms with Crippen molar-refractivity contribution in [1.82, 2.24) is 9.96 Å². The van der Waals surface area contributed by atoms with Crippen LogP contribution in [0, 0.1) is 0 Å². The Morgan fingerprint density at radius 3 is 1.94 bits per heavy atom. The Hall–Kier alpha value is 0.0569. The fraction of sp³-hybridized carbons (Fsp3) is 1.00. The molecule has 4 nitrogen and oxygen atoms in total. The highest BCUT2D eigenvalue weighted by atomic mass is 28.4. The lowest BCUT2D eigenvalue weighted by Gasteiger charge is -2.37. The summed E-state index contributed by atoms with van der Waals surface area (Å²) in [4.78, 5) is 7.25. The van der Waals surface area contributed by atoms with Crippen LogP contribution in [0.4, 0.5) is 0 Å². The van der Waals surface area contributed by atoms with Gasteiger partial charge in [0.15, 0.2) is 0 Å². The summed E-state index contributed by atoms with van der Waals surface area (Å²) in [5.74, 6) is 0. The third kappa shape index (κ3) is 5.36. The molecule has 1 aliphatic rings. The van der Waals surface area contributed by atoms with E-state index in [0.29, 0.717) is 19.3 Å². The van der Waals surface area contributed by atoms with Crippen LogP contribution in [-0.4, -0.2) is 33.7 Å². The Balaban J connectivity index is 2.73. The van der Waals surface area contributed by atoms with E-state index in [4.69, 9.17) is 8.85 Å². The molecule has 0 atom stereocenters. The van der Waals surface area contributed by atoms with Gasteiger partial charge in [0.05, 0.1) is 0 Å². The molecule has 0 unspecified atom stereocenters. The van der Waals surface area contributed by atoms with E-state index in [1.54, 1.807) is 0 Å². The summed E-state index contributed by atoms with van der Waals surface area (Å²) in [5.41, 5.74) is -0.0117. The quantitative estimate of drug-likeness (QED) is 0.700. The molecule has 108 valence electrons. The molecular formula is C13H30N2O2Si. The molecule has 0 spiro atoms. The normalized spacial score (nSPS) is 18.5. The number of hydrogen-bond acceptors (Lipinski definition) is 4. The van der Waals surface area contributed by atoms with Crippen LogP contribution < -0.4 is 9.96 Å². The molecule has 1 aliphatic carbocycles. The Morgan fingerprint density at radius 2 is 1.56 bits per heavy atom. The van der Waals surface area contributed by atoms with Crippen molar-refractivity contribution in [3.8, 4) is 0 Å². The van der Waals surface area contributed by atoms with Gasteiger partial charge in [0.1, 0.15) is 0 Å². The first-order valence-corrected chi connectivity index (χ1v) is 9.07. The average Bonchev–Trinajstić information content (AvgIpc) is 2.68. The molecule has 1 rings (SSSR count). The molecule has 5 heteroatoms. The van der Waals surface area contributed by atoms with Crippen LogP contribution in [0.25, 0.3) is 0 Å². The standard InChI is InChI=1S/C13H30N2O2Si/c1-6-16-18(17-7-2,15-13(3,4)5)14-12-10-8-9-11-12/h12,14-15H,6-11H2,1-5H3. The SMILES string of the molecule is CCO[Si](NC1CCCC1)(NC(C)(C)C)OCC. The zero-order chi connectivity index (χ0) is 13.6. The van der Waals surface area contributed by atoms with E-state index in [9.17, 15) is 0 Å². The van der Waals surface area contributed by atoms with Gasteiger partial charge in [0.2, 0.25) is 0 Å². The summed E-state index contributed by atoms with van der Waals surface area (Å²) < 4.78 is 12.0. The van der Waals surface area contributed by atoms with E-state index in [2.05, 4.69) is 30.7 Å². The minimum absolute atomic E-state index is 0.0117. The minimum Gasteiger partial charge on any atom is -0.371 e. The van der Waals surface area contributed by atoms with Crippen LogP contribution in [0.15, 0.2) is 0 Å². The monoisotopic (exact) mass is 274 g/mol. The van der Waals surface area contributed by atoms with Crippen LogP contribution in [0.2, 0.25) is 0 Å². The molecule has 18 heavy (non-hydrogen) atoms. The summed E-state index contributed by atoms with van der Waals surface area (Å²) >= 11 is 0. The van der Waals surface area contributed by atoms with Crippen LogP contribution >= 0.6 is 0 Å². The fourth-order valence-corrected chi connectivity index (χ4v) is 5.57. The van der Waals surface area contributed by atoms with Gasteiger partial charge in [-0.25, -0.2) is 0 Å². The molecule has 0 aliphatic heterocycles. The highest BCUT2D eigenvalue weighted by Gasteiger charge is 2.44. The highest BCUT2D eigenvalue weighted by molar-refractivity contribution is 6.62. The maximum Gasteiger partial charge on any atom is 0.517 e. The second kappa shape index (κ2) is 7.00. The average molecular weight is 274 g/mol. The van der Waals surface area contributed by atoms with Crippen molar-refractivity contribution in [3.05, 3.63) is 0 Å². The minimum atomic E-state index is -2.50. The summed E-state index contributed by atoms with van der Waals surface area (Å²) in [7, 11) is -2.50. The third-order valence-electron chi connectivity index (χ3n) is 2.98. The van der Waals surface area contributed by atoms with E-state index >= 15 is 0 Å². The molecule has 0 bridgehead atoms. The van der Waals surface area contributed by atoms with E-state index in [1.165, 1.54) is 25.7 Å². The van der Waals surface area contributed by atoms with Gasteiger partial charge in [0.25, 0.3) is 0 Å². The van der Waals surface area contributed by atoms with Crippen LogP contribution in [0.5, 0.6) is 0 Å². The topological polar surface area (TPSA) is 42.5 Å². The molecule has 0 saturated heterocycles. The molecule has 0 amide bonds. The summed E-state index contributed by atoms with van der Waals surface area (Å²) in [5, 5.41) is 0. The lowest BCUT2D eigenvalue weighted by Crippen LogP contribution is -2.73. The van der Waals surface area contributed by atoms with Gasteiger partial charge in [0, 0.05) is 24.8 Å². The molecule has 1 fully saturated rings. The zero-order valence-corrected chi connectivity index (χ0v) is 13.6. The Morgan fingerprint density at radius 1 is 1.06 bits per heavy atom. The van der Waals surface area contributed by atoms with Gasteiger partial charge in [-0.15, -0.1) is 0 Å². The Labute approximate surface area is 113 Å². The maximum atomic E-state index is 6.00. The smallest absolute Gasteiger partial charge is 0.371 e. The molecule has 0 aromatic rings. The van der Waals surface area contributed by atoms with Crippen molar-refractivity contribution >= 4 is 8.88 Å². The second-order valence-electron chi connectivity index (χ2n) is 5.98. The van der Waals surface area contributed by atoms with E-state index in [0.717, 1.165) is 0 Å². The number of rotatable bonds is 7. The van der Waals surface area contributed by atoms with Crippen molar-refractivity contribution in [3.63, 3.8) is 0 Å². The molecule has 2 N–H and O–H groups in total. The van der Waals surface area contributed by atoms with Gasteiger partial charge in [-0.05, 0) is 47.5 Å². The third-order valence-corrected chi connectivity index (χ3v) is 6.24. The Kier molecular flexibility index (Phi) is 6.27. The van der Waals surface area contributed by atoms with Gasteiger partial charge in [-0.3, -0.25) is 9.96 Å². The lowest BCUT2D eigenvalue weighted by molar-refractivity contribution is 0.144. The number of hydrogen-bond donors (Lipinski definition) is 2. The molecule has 0 aromatic carbocycles. The predicted octanol–water partition coefficient (Wildman–Crippen LogP) is 2.42. The van der Waals surface area contributed by atoms with Crippen molar-refractivity contribution in [2.24, 2.45) is 0 Å². The lowest BCUT2D eigenvalue weighted by atomic mass is 10.1. The summed E-state index contributed by atoms with van der Waals surface area (Å²) in [6, 6.07) is 0.546. The maximum absolute atomic E-state index is 6.00. The molecule has 0 aromatic heterocycles. The van der Waals surface area contributed by atoms with Crippen LogP contribution in [0.3, 0.4) is 0 Å². The summed E-state index contributed by atoms with van der Waals surface area (Å²) in [6.07, 6.45) is 5.10. The van der Waals surface area contributed by atoms with Crippen molar-refractivity contribution in [2.75, 3.05) is 13.2 Å². The van der Waals surface area contributed by atoms with Gasteiger partial charge in [-0.2, -0.15) is 0 Å². The first-order valence-electron chi connectivity index (χ1n) is 7.25. The highest BCUT2D eigenvalue weighted by Crippen LogP contribution is 2.20. The molecular weight excluding hydrogens is 244 g/mol. The fourth-order valence-electron chi connectivity index (χ4n) is 2.47. The van der Waals surface area contributed by atoms with Crippen molar-refractivity contribution in [1.29, 1.82) is 0 Å². The Bertz CT molecular complexity index is 232. The van der Waals surface area contributed by atoms with Crippen molar-refractivity contribution < 1.29 is 8.85 Å². The molecule has 0 heterocycles. The molecule has 0 radical (unpaired) electrons. The largest absolute Gasteiger partial charge is 0.517 e. The van der Waals surface area contributed by atoms with Crippen molar-refractivity contribution in [2.45, 2.75) is 71.9 Å². The first kappa shape index (κ1) is 16.1. The second-order valence-corrected chi connectivity index (χ2v) is 8.33. The van der Waals surface area contributed by atoms with Gasteiger partial charge >= 0.3 is 8.88 Å². The summed E-state index contributed by atoms with van der Waals surface area (Å²) in [6.45, 7) is 11.9. The first-order chi connectivity index (χ1) is 8.41. The van der Waals surface area contributed by atoms with E-state index in [-0.39, 0.29) is 5.54 Å². The molecule has 1 saturated carbocycles. The van der Waals surface area contributed by atoms with E-state index < -0.39 is 8.88 Å². The van der Waals surface area contributed by atoms with Gasteiger partial charge in [-0.1, -0.05) is 12.8 Å². The van der Waals surface area contributed by atoms with Gasteiger partial charge < -0.3 is 8.85 Å².